The van der Waals surface area contributed by atoms with Crippen LogP contribution in [-0.4, -0.2) is 34.4 Å². The van der Waals surface area contributed by atoms with E-state index in [-0.39, 0.29) is 30.6 Å². The SMILES string of the molecule is COCCn1c(NC(=O)C(C)Sc2ccc(Cl)cc2)c(NCc2ccccc2)c(=O)[nH]c1=O. The van der Waals surface area contributed by atoms with Crippen molar-refractivity contribution in [2.45, 2.75) is 30.2 Å². The molecular weight excluding hydrogens is 464 g/mol. The Morgan fingerprint density at radius 2 is 1.85 bits per heavy atom. The molecule has 33 heavy (non-hydrogen) atoms. The highest BCUT2D eigenvalue weighted by Gasteiger charge is 2.21. The molecule has 0 fully saturated rings. The van der Waals surface area contributed by atoms with E-state index in [0.29, 0.717) is 11.6 Å². The average Bonchev–Trinajstić information content (AvgIpc) is 2.80. The molecule has 3 rings (SSSR count). The minimum absolute atomic E-state index is 0.102. The molecule has 1 aromatic heterocycles. The van der Waals surface area contributed by atoms with E-state index in [1.54, 1.807) is 19.1 Å². The molecule has 3 aromatic rings. The van der Waals surface area contributed by atoms with Crippen molar-refractivity contribution in [1.82, 2.24) is 9.55 Å². The van der Waals surface area contributed by atoms with Crippen LogP contribution in [0.4, 0.5) is 11.5 Å². The summed E-state index contributed by atoms with van der Waals surface area (Å²) < 4.78 is 6.38. The topological polar surface area (TPSA) is 105 Å². The fourth-order valence-corrected chi connectivity index (χ4v) is 4.03. The minimum atomic E-state index is -0.629. The molecule has 0 saturated carbocycles. The fraction of sp³-hybridized carbons (Fsp3) is 0.261. The molecule has 0 aliphatic carbocycles. The second-order valence-corrected chi connectivity index (χ2v) is 9.02. The summed E-state index contributed by atoms with van der Waals surface area (Å²) in [7, 11) is 1.51. The third-order valence-corrected chi connectivity index (χ3v) is 6.13. The number of ether oxygens (including phenoxy) is 1. The predicted molar refractivity (Wildman–Crippen MR) is 132 cm³/mol. The van der Waals surface area contributed by atoms with Gasteiger partial charge in [0.15, 0.2) is 0 Å². The molecular formula is C23H25ClN4O4S. The molecule has 1 unspecified atom stereocenters. The lowest BCUT2D eigenvalue weighted by atomic mass is 10.2. The van der Waals surface area contributed by atoms with Crippen LogP contribution in [0.1, 0.15) is 12.5 Å². The second-order valence-electron chi connectivity index (χ2n) is 7.17. The predicted octanol–water partition coefficient (Wildman–Crippen LogP) is 3.57. The summed E-state index contributed by atoms with van der Waals surface area (Å²) in [6.07, 6.45) is 0. The van der Waals surface area contributed by atoms with E-state index < -0.39 is 16.5 Å². The van der Waals surface area contributed by atoms with E-state index in [0.717, 1.165) is 10.5 Å². The molecule has 10 heteroatoms. The van der Waals surface area contributed by atoms with Crippen LogP contribution in [0.2, 0.25) is 5.02 Å². The number of aromatic nitrogens is 2. The Morgan fingerprint density at radius 3 is 2.52 bits per heavy atom. The number of rotatable bonds is 10. The highest BCUT2D eigenvalue weighted by atomic mass is 35.5. The van der Waals surface area contributed by atoms with Crippen LogP contribution < -0.4 is 21.9 Å². The number of anilines is 2. The Hall–Kier alpha value is -3.01. The molecule has 0 aliphatic rings. The Labute approximate surface area is 200 Å². The van der Waals surface area contributed by atoms with Gasteiger partial charge in [0, 0.05) is 23.6 Å². The summed E-state index contributed by atoms with van der Waals surface area (Å²) in [5, 5.41) is 5.94. The van der Waals surface area contributed by atoms with Crippen LogP contribution in [0.15, 0.2) is 69.1 Å². The number of methoxy groups -OCH3 is 1. The Morgan fingerprint density at radius 1 is 1.15 bits per heavy atom. The van der Waals surface area contributed by atoms with E-state index in [9.17, 15) is 14.4 Å². The standard InChI is InChI=1S/C23H25ClN4O4S/c1-15(33-18-10-8-17(24)9-11-18)21(29)26-20-19(25-14-16-6-4-3-5-7-16)22(30)27-23(31)28(20)12-13-32-2/h3-11,15,25H,12-14H2,1-2H3,(H,26,29)(H,27,30,31). The van der Waals surface area contributed by atoms with Gasteiger partial charge in [-0.2, -0.15) is 0 Å². The van der Waals surface area contributed by atoms with Crippen LogP contribution in [0.25, 0.3) is 0 Å². The monoisotopic (exact) mass is 488 g/mol. The quantitative estimate of drug-likeness (QED) is 0.377. The normalized spacial score (nSPS) is 11.7. The van der Waals surface area contributed by atoms with Gasteiger partial charge in [-0.25, -0.2) is 4.79 Å². The number of nitrogens with one attached hydrogen (secondary N) is 3. The third-order valence-electron chi connectivity index (χ3n) is 4.77. The van der Waals surface area contributed by atoms with Gasteiger partial charge >= 0.3 is 5.69 Å². The van der Waals surface area contributed by atoms with Crippen molar-refractivity contribution < 1.29 is 9.53 Å². The van der Waals surface area contributed by atoms with E-state index in [4.69, 9.17) is 16.3 Å². The van der Waals surface area contributed by atoms with Gasteiger partial charge in [0.2, 0.25) is 5.91 Å². The van der Waals surface area contributed by atoms with E-state index in [1.807, 2.05) is 42.5 Å². The first-order valence-corrected chi connectivity index (χ1v) is 11.5. The van der Waals surface area contributed by atoms with Crippen molar-refractivity contribution in [3.05, 3.63) is 86.0 Å². The minimum Gasteiger partial charge on any atom is -0.383 e. The molecule has 0 bridgehead atoms. The molecule has 2 aromatic carbocycles. The van der Waals surface area contributed by atoms with Crippen molar-refractivity contribution in [1.29, 1.82) is 0 Å². The molecule has 174 valence electrons. The van der Waals surface area contributed by atoms with Gasteiger partial charge in [0.25, 0.3) is 5.56 Å². The maximum Gasteiger partial charge on any atom is 0.330 e. The van der Waals surface area contributed by atoms with Gasteiger partial charge in [0.1, 0.15) is 11.5 Å². The van der Waals surface area contributed by atoms with Gasteiger partial charge in [0.05, 0.1) is 18.4 Å². The molecule has 0 aliphatic heterocycles. The smallest absolute Gasteiger partial charge is 0.330 e. The Balaban J connectivity index is 1.89. The van der Waals surface area contributed by atoms with Crippen molar-refractivity contribution in [3.63, 3.8) is 0 Å². The number of halogens is 1. The summed E-state index contributed by atoms with van der Waals surface area (Å²) in [5.41, 5.74) is -0.199. The summed E-state index contributed by atoms with van der Waals surface area (Å²) in [5.74, 6) is -0.251. The lowest BCUT2D eigenvalue weighted by Crippen LogP contribution is -2.37. The zero-order chi connectivity index (χ0) is 23.8. The number of hydrogen-bond donors (Lipinski definition) is 3. The Kier molecular flexibility index (Phi) is 8.76. The number of carbonyl (C=O) groups is 1. The van der Waals surface area contributed by atoms with Crippen molar-refractivity contribution in [3.8, 4) is 0 Å². The fourth-order valence-electron chi connectivity index (χ4n) is 3.04. The van der Waals surface area contributed by atoms with Crippen molar-refractivity contribution >= 4 is 40.8 Å². The van der Waals surface area contributed by atoms with Crippen LogP contribution in [0.3, 0.4) is 0 Å². The zero-order valence-corrected chi connectivity index (χ0v) is 19.8. The van der Waals surface area contributed by atoms with Gasteiger partial charge in [-0.05, 0) is 36.8 Å². The number of carbonyl (C=O) groups excluding carboxylic acids is 1. The Bertz CT molecular complexity index is 1200. The molecule has 0 radical (unpaired) electrons. The lowest BCUT2D eigenvalue weighted by Gasteiger charge is -2.19. The molecule has 8 nitrogen and oxygen atoms in total. The van der Waals surface area contributed by atoms with Gasteiger partial charge in [-0.15, -0.1) is 11.8 Å². The highest BCUT2D eigenvalue weighted by molar-refractivity contribution is 8.00. The van der Waals surface area contributed by atoms with E-state index in [1.165, 1.54) is 23.4 Å². The number of nitrogens with zero attached hydrogens (tertiary/aromatic N) is 1. The lowest BCUT2D eigenvalue weighted by molar-refractivity contribution is -0.115. The summed E-state index contributed by atoms with van der Waals surface area (Å²) in [4.78, 5) is 41.4. The highest BCUT2D eigenvalue weighted by Crippen LogP contribution is 2.26. The van der Waals surface area contributed by atoms with Gasteiger partial charge in [-0.1, -0.05) is 41.9 Å². The number of aromatic amines is 1. The molecule has 1 heterocycles. The summed E-state index contributed by atoms with van der Waals surface area (Å²) in [6, 6.07) is 16.6. The molecule has 1 amide bonds. The zero-order valence-electron chi connectivity index (χ0n) is 18.3. The average molecular weight is 489 g/mol. The largest absolute Gasteiger partial charge is 0.383 e. The van der Waals surface area contributed by atoms with E-state index >= 15 is 0 Å². The summed E-state index contributed by atoms with van der Waals surface area (Å²) in [6.45, 7) is 2.46. The van der Waals surface area contributed by atoms with E-state index in [2.05, 4.69) is 15.6 Å². The number of benzene rings is 2. The van der Waals surface area contributed by atoms with Crippen LogP contribution in [0.5, 0.6) is 0 Å². The number of amides is 1. The molecule has 0 saturated heterocycles. The maximum absolute atomic E-state index is 13.0. The molecule has 3 N–H and O–H groups in total. The van der Waals surface area contributed by atoms with Gasteiger partial charge < -0.3 is 15.4 Å². The number of hydrogen-bond acceptors (Lipinski definition) is 6. The second kappa shape index (κ2) is 11.7. The van der Waals surface area contributed by atoms with Gasteiger partial charge in [-0.3, -0.25) is 19.1 Å². The van der Waals surface area contributed by atoms with Crippen LogP contribution >= 0.6 is 23.4 Å². The summed E-state index contributed by atoms with van der Waals surface area (Å²) >= 11 is 7.27. The maximum atomic E-state index is 13.0. The first kappa shape index (κ1) is 24.6. The first-order chi connectivity index (χ1) is 15.9. The first-order valence-electron chi connectivity index (χ1n) is 10.3. The van der Waals surface area contributed by atoms with Crippen LogP contribution in [-0.2, 0) is 22.6 Å². The number of H-pyrrole nitrogens is 1. The van der Waals surface area contributed by atoms with Crippen molar-refractivity contribution in [2.24, 2.45) is 0 Å². The third kappa shape index (κ3) is 6.74. The van der Waals surface area contributed by atoms with Crippen molar-refractivity contribution in [2.75, 3.05) is 24.4 Å². The molecule has 1 atom stereocenters. The van der Waals surface area contributed by atoms with Crippen LogP contribution in [0, 0.1) is 0 Å². The number of thioether (sulfide) groups is 1. The molecule has 0 spiro atoms.